The van der Waals surface area contributed by atoms with Crippen LogP contribution in [0.2, 0.25) is 0 Å². The molecule has 0 aliphatic carbocycles. The summed E-state index contributed by atoms with van der Waals surface area (Å²) in [5, 5.41) is 3.36. The molecule has 0 aromatic heterocycles. The van der Waals surface area contributed by atoms with Crippen molar-refractivity contribution < 1.29 is 0 Å². The molecule has 0 bridgehead atoms. The molecule has 0 saturated heterocycles. The SMILES string of the molecule is CCN1CCNc2ccc(N)cc21. The van der Waals surface area contributed by atoms with Crippen molar-refractivity contribution in [3.05, 3.63) is 18.2 Å². The molecule has 1 aromatic rings. The topological polar surface area (TPSA) is 41.3 Å². The lowest BCUT2D eigenvalue weighted by Gasteiger charge is -2.31. The molecular formula is C10H15N3. The van der Waals surface area contributed by atoms with Crippen LogP contribution in [-0.4, -0.2) is 19.6 Å². The lowest BCUT2D eigenvalue weighted by molar-refractivity contribution is 0.815. The van der Waals surface area contributed by atoms with Crippen LogP contribution < -0.4 is 16.0 Å². The Labute approximate surface area is 78.5 Å². The van der Waals surface area contributed by atoms with Crippen molar-refractivity contribution in [2.45, 2.75) is 6.92 Å². The van der Waals surface area contributed by atoms with Crippen LogP contribution in [0.3, 0.4) is 0 Å². The molecule has 0 saturated carbocycles. The van der Waals surface area contributed by atoms with Gasteiger partial charge in [-0.1, -0.05) is 0 Å². The van der Waals surface area contributed by atoms with Gasteiger partial charge in [0, 0.05) is 25.3 Å². The first-order valence-corrected chi connectivity index (χ1v) is 4.69. The van der Waals surface area contributed by atoms with Gasteiger partial charge in [0.1, 0.15) is 0 Å². The molecule has 1 heterocycles. The summed E-state index contributed by atoms with van der Waals surface area (Å²) in [6, 6.07) is 6.02. The Morgan fingerprint density at radius 2 is 2.38 bits per heavy atom. The molecule has 0 atom stereocenters. The van der Waals surface area contributed by atoms with Crippen LogP contribution in [-0.2, 0) is 0 Å². The summed E-state index contributed by atoms with van der Waals surface area (Å²) in [6.45, 7) is 5.29. The average Bonchev–Trinajstić information content (AvgIpc) is 2.17. The number of fused-ring (bicyclic) bond motifs is 1. The fourth-order valence-electron chi connectivity index (χ4n) is 1.73. The minimum atomic E-state index is 0.834. The maximum atomic E-state index is 5.74. The van der Waals surface area contributed by atoms with Crippen LogP contribution in [0.25, 0.3) is 0 Å². The molecule has 0 radical (unpaired) electrons. The molecule has 0 unspecified atom stereocenters. The van der Waals surface area contributed by atoms with Crippen molar-refractivity contribution >= 4 is 17.1 Å². The van der Waals surface area contributed by atoms with Crippen molar-refractivity contribution in [2.75, 3.05) is 35.6 Å². The summed E-state index contributed by atoms with van der Waals surface area (Å²) in [7, 11) is 0. The van der Waals surface area contributed by atoms with Gasteiger partial charge >= 0.3 is 0 Å². The van der Waals surface area contributed by atoms with E-state index < -0.39 is 0 Å². The maximum Gasteiger partial charge on any atom is 0.0623 e. The summed E-state index contributed by atoms with van der Waals surface area (Å²) in [4.78, 5) is 2.34. The lowest BCUT2D eigenvalue weighted by Crippen LogP contribution is -2.33. The summed E-state index contributed by atoms with van der Waals surface area (Å²) in [5.41, 5.74) is 9.01. The third-order valence-corrected chi connectivity index (χ3v) is 2.44. The Morgan fingerprint density at radius 3 is 3.15 bits per heavy atom. The van der Waals surface area contributed by atoms with E-state index in [1.165, 1.54) is 11.4 Å². The predicted octanol–water partition coefficient (Wildman–Crippen LogP) is 1.52. The molecule has 1 aliphatic rings. The molecule has 3 N–H and O–H groups in total. The minimum absolute atomic E-state index is 0.834. The van der Waals surface area contributed by atoms with Gasteiger partial charge < -0.3 is 16.0 Å². The highest BCUT2D eigenvalue weighted by atomic mass is 15.2. The van der Waals surface area contributed by atoms with Gasteiger partial charge in [0.05, 0.1) is 11.4 Å². The zero-order chi connectivity index (χ0) is 9.26. The third-order valence-electron chi connectivity index (χ3n) is 2.44. The Kier molecular flexibility index (Phi) is 2.00. The van der Waals surface area contributed by atoms with E-state index in [1.54, 1.807) is 0 Å². The molecule has 0 spiro atoms. The van der Waals surface area contributed by atoms with Gasteiger partial charge in [0.25, 0.3) is 0 Å². The highest BCUT2D eigenvalue weighted by Gasteiger charge is 2.14. The normalized spacial score (nSPS) is 15.0. The van der Waals surface area contributed by atoms with E-state index >= 15 is 0 Å². The highest BCUT2D eigenvalue weighted by molar-refractivity contribution is 5.75. The van der Waals surface area contributed by atoms with Crippen molar-refractivity contribution in [1.29, 1.82) is 0 Å². The van der Waals surface area contributed by atoms with E-state index in [0.717, 1.165) is 25.3 Å². The Hall–Kier alpha value is -1.38. The van der Waals surface area contributed by atoms with Gasteiger partial charge in [-0.25, -0.2) is 0 Å². The summed E-state index contributed by atoms with van der Waals surface area (Å²) >= 11 is 0. The number of nitrogens with two attached hydrogens (primary N) is 1. The molecule has 1 aromatic carbocycles. The van der Waals surface area contributed by atoms with E-state index in [9.17, 15) is 0 Å². The average molecular weight is 177 g/mol. The van der Waals surface area contributed by atoms with Crippen LogP contribution >= 0.6 is 0 Å². The van der Waals surface area contributed by atoms with Gasteiger partial charge in [0.15, 0.2) is 0 Å². The quantitative estimate of drug-likeness (QED) is 0.639. The highest BCUT2D eigenvalue weighted by Crippen LogP contribution is 2.30. The maximum absolute atomic E-state index is 5.74. The number of rotatable bonds is 1. The molecule has 70 valence electrons. The zero-order valence-corrected chi connectivity index (χ0v) is 7.88. The van der Waals surface area contributed by atoms with E-state index in [1.807, 2.05) is 18.2 Å². The van der Waals surface area contributed by atoms with Crippen LogP contribution in [0, 0.1) is 0 Å². The number of nitrogens with one attached hydrogen (secondary N) is 1. The summed E-state index contributed by atoms with van der Waals surface area (Å²) < 4.78 is 0. The van der Waals surface area contributed by atoms with Gasteiger partial charge in [-0.3, -0.25) is 0 Å². The lowest BCUT2D eigenvalue weighted by atomic mass is 10.2. The van der Waals surface area contributed by atoms with Crippen molar-refractivity contribution in [3.8, 4) is 0 Å². The first-order chi connectivity index (χ1) is 6.31. The van der Waals surface area contributed by atoms with Gasteiger partial charge in [0.2, 0.25) is 0 Å². The zero-order valence-electron chi connectivity index (χ0n) is 7.88. The Bertz CT molecular complexity index is 309. The number of nitrogen functional groups attached to an aromatic ring is 1. The largest absolute Gasteiger partial charge is 0.399 e. The van der Waals surface area contributed by atoms with Crippen molar-refractivity contribution in [3.63, 3.8) is 0 Å². The van der Waals surface area contributed by atoms with Gasteiger partial charge in [-0.05, 0) is 25.1 Å². The predicted molar refractivity (Wildman–Crippen MR) is 57.2 cm³/mol. The second kappa shape index (κ2) is 3.17. The van der Waals surface area contributed by atoms with Crippen molar-refractivity contribution in [2.24, 2.45) is 0 Å². The molecule has 0 fully saturated rings. The molecule has 3 nitrogen and oxygen atoms in total. The van der Waals surface area contributed by atoms with Crippen molar-refractivity contribution in [1.82, 2.24) is 0 Å². The Morgan fingerprint density at radius 1 is 1.54 bits per heavy atom. The molecule has 2 rings (SSSR count). The minimum Gasteiger partial charge on any atom is -0.399 e. The number of hydrogen-bond acceptors (Lipinski definition) is 3. The monoisotopic (exact) mass is 177 g/mol. The van der Waals surface area contributed by atoms with E-state index in [-0.39, 0.29) is 0 Å². The molecule has 1 aliphatic heterocycles. The van der Waals surface area contributed by atoms with E-state index in [4.69, 9.17) is 5.73 Å². The molecule has 0 amide bonds. The van der Waals surface area contributed by atoms with Crippen LogP contribution in [0.1, 0.15) is 6.92 Å². The van der Waals surface area contributed by atoms with Crippen LogP contribution in [0.5, 0.6) is 0 Å². The number of likely N-dealkylation sites (N-methyl/N-ethyl adjacent to an activating group) is 1. The van der Waals surface area contributed by atoms with E-state index in [2.05, 4.69) is 17.1 Å². The Balaban J connectivity index is 2.41. The summed E-state index contributed by atoms with van der Waals surface area (Å²) in [5.74, 6) is 0. The first-order valence-electron chi connectivity index (χ1n) is 4.69. The van der Waals surface area contributed by atoms with E-state index in [0.29, 0.717) is 0 Å². The molecule has 3 heteroatoms. The fourth-order valence-corrected chi connectivity index (χ4v) is 1.73. The third kappa shape index (κ3) is 1.41. The first kappa shape index (κ1) is 8.23. The number of anilines is 3. The van der Waals surface area contributed by atoms with Crippen LogP contribution in [0.4, 0.5) is 17.1 Å². The van der Waals surface area contributed by atoms with Crippen LogP contribution in [0.15, 0.2) is 18.2 Å². The summed E-state index contributed by atoms with van der Waals surface area (Å²) in [6.07, 6.45) is 0. The fraction of sp³-hybridized carbons (Fsp3) is 0.400. The molecular weight excluding hydrogens is 162 g/mol. The number of hydrogen-bond donors (Lipinski definition) is 2. The molecule has 13 heavy (non-hydrogen) atoms. The number of benzene rings is 1. The second-order valence-corrected chi connectivity index (χ2v) is 3.28. The van der Waals surface area contributed by atoms with Gasteiger partial charge in [-0.2, -0.15) is 0 Å². The second-order valence-electron chi connectivity index (χ2n) is 3.28. The van der Waals surface area contributed by atoms with Gasteiger partial charge in [-0.15, -0.1) is 0 Å². The number of nitrogens with zero attached hydrogens (tertiary/aromatic N) is 1. The smallest absolute Gasteiger partial charge is 0.0623 e. The standard InChI is InChI=1S/C10H15N3/c1-2-13-6-5-12-9-4-3-8(11)7-10(9)13/h3-4,7,12H,2,5-6,11H2,1H3.